The molecule has 1 aromatic heterocycles. The van der Waals surface area contributed by atoms with Gasteiger partial charge in [0.05, 0.1) is 5.56 Å². The number of primary amides is 1. The topological polar surface area (TPSA) is 105 Å². The Balaban J connectivity index is 2.48. The molecule has 1 aromatic carbocycles. The van der Waals surface area contributed by atoms with Gasteiger partial charge in [-0.3, -0.25) is 14.7 Å². The maximum Gasteiger partial charge on any atom is 0.286 e. The number of carbonyl (C=O) groups excluding carboxylic acids is 2. The summed E-state index contributed by atoms with van der Waals surface area (Å²) in [5, 5.41) is 6.48. The maximum atomic E-state index is 12.9. The van der Waals surface area contributed by atoms with Crippen molar-refractivity contribution < 1.29 is 9.59 Å². The van der Waals surface area contributed by atoms with Gasteiger partial charge in [0, 0.05) is 17.6 Å². The number of hydrogen-bond donors (Lipinski definition) is 2. The third-order valence-electron chi connectivity index (χ3n) is 3.46. The van der Waals surface area contributed by atoms with E-state index in [0.717, 1.165) is 0 Å². The second-order valence-corrected chi connectivity index (χ2v) is 5.82. The SMILES string of the molecule is CC(C)N(C(=O)c1ccccc1-c1n[nH]c(C(N)=O)n1)C(C)C. The molecule has 2 aromatic rings. The van der Waals surface area contributed by atoms with Gasteiger partial charge in [-0.25, -0.2) is 4.98 Å². The lowest BCUT2D eigenvalue weighted by Crippen LogP contribution is -2.42. The summed E-state index contributed by atoms with van der Waals surface area (Å²) in [5.41, 5.74) is 6.24. The lowest BCUT2D eigenvalue weighted by Gasteiger charge is -2.31. The molecule has 2 rings (SSSR count). The summed E-state index contributed by atoms with van der Waals surface area (Å²) in [6, 6.07) is 7.18. The minimum absolute atomic E-state index is 0.0353. The molecule has 7 nitrogen and oxygen atoms in total. The molecule has 0 radical (unpaired) electrons. The molecular weight excluding hydrogens is 294 g/mol. The van der Waals surface area contributed by atoms with Gasteiger partial charge in [-0.05, 0) is 33.8 Å². The number of nitrogens with one attached hydrogen (secondary N) is 1. The molecule has 0 bridgehead atoms. The summed E-state index contributed by atoms with van der Waals surface area (Å²) in [5.74, 6) is -0.559. The number of benzene rings is 1. The van der Waals surface area contributed by atoms with Crippen molar-refractivity contribution in [2.75, 3.05) is 0 Å². The Kier molecular flexibility index (Phi) is 4.78. The number of H-pyrrole nitrogens is 1. The van der Waals surface area contributed by atoms with Crippen LogP contribution in [0.15, 0.2) is 24.3 Å². The van der Waals surface area contributed by atoms with Crippen LogP contribution in [0.1, 0.15) is 48.7 Å². The van der Waals surface area contributed by atoms with E-state index in [-0.39, 0.29) is 29.6 Å². The molecule has 122 valence electrons. The standard InChI is InChI=1S/C16H21N5O2/c1-9(2)21(10(3)4)16(23)12-8-6-5-7-11(12)14-18-15(13(17)22)20-19-14/h5-10H,1-4H3,(H2,17,22)(H,18,19,20). The zero-order chi connectivity index (χ0) is 17.1. The molecule has 0 unspecified atom stereocenters. The largest absolute Gasteiger partial charge is 0.363 e. The van der Waals surface area contributed by atoms with Crippen molar-refractivity contribution in [2.24, 2.45) is 5.73 Å². The number of aromatic amines is 1. The zero-order valence-electron chi connectivity index (χ0n) is 13.7. The first-order valence-corrected chi connectivity index (χ1v) is 7.47. The fourth-order valence-corrected chi connectivity index (χ4v) is 2.56. The molecule has 1 heterocycles. The summed E-state index contributed by atoms with van der Waals surface area (Å²) >= 11 is 0. The van der Waals surface area contributed by atoms with Crippen molar-refractivity contribution in [3.8, 4) is 11.4 Å². The van der Waals surface area contributed by atoms with Gasteiger partial charge in [-0.15, -0.1) is 0 Å². The monoisotopic (exact) mass is 315 g/mol. The van der Waals surface area contributed by atoms with Crippen LogP contribution in [-0.4, -0.2) is 44.0 Å². The Morgan fingerprint density at radius 1 is 1.13 bits per heavy atom. The highest BCUT2D eigenvalue weighted by Gasteiger charge is 2.25. The van der Waals surface area contributed by atoms with Crippen LogP contribution in [0.4, 0.5) is 0 Å². The van der Waals surface area contributed by atoms with Gasteiger partial charge in [-0.1, -0.05) is 18.2 Å². The van der Waals surface area contributed by atoms with E-state index in [2.05, 4.69) is 15.2 Å². The summed E-state index contributed by atoms with van der Waals surface area (Å²) in [6.07, 6.45) is 0. The van der Waals surface area contributed by atoms with Gasteiger partial charge in [0.25, 0.3) is 11.8 Å². The fourth-order valence-electron chi connectivity index (χ4n) is 2.56. The van der Waals surface area contributed by atoms with Crippen LogP contribution >= 0.6 is 0 Å². The Bertz CT molecular complexity index is 713. The number of nitrogens with two attached hydrogens (primary N) is 1. The van der Waals surface area contributed by atoms with E-state index in [0.29, 0.717) is 11.1 Å². The molecule has 0 aliphatic heterocycles. The summed E-state index contributed by atoms with van der Waals surface area (Å²) in [4.78, 5) is 29.9. The first kappa shape index (κ1) is 16.7. The van der Waals surface area contributed by atoms with Crippen LogP contribution in [0.3, 0.4) is 0 Å². The highest BCUT2D eigenvalue weighted by Crippen LogP contribution is 2.23. The Labute approximate surface area is 134 Å². The lowest BCUT2D eigenvalue weighted by atomic mass is 10.0. The molecule has 7 heteroatoms. The van der Waals surface area contributed by atoms with E-state index in [9.17, 15) is 9.59 Å². The third kappa shape index (κ3) is 3.39. The van der Waals surface area contributed by atoms with Gasteiger partial charge < -0.3 is 10.6 Å². The second-order valence-electron chi connectivity index (χ2n) is 5.82. The van der Waals surface area contributed by atoms with Crippen LogP contribution in [-0.2, 0) is 0 Å². The Morgan fingerprint density at radius 2 is 1.74 bits per heavy atom. The molecule has 23 heavy (non-hydrogen) atoms. The molecule has 3 N–H and O–H groups in total. The van der Waals surface area contributed by atoms with Crippen LogP contribution in [0, 0.1) is 0 Å². The van der Waals surface area contributed by atoms with Crippen molar-refractivity contribution in [2.45, 2.75) is 39.8 Å². The first-order chi connectivity index (χ1) is 10.8. The molecule has 0 aliphatic rings. The minimum atomic E-state index is -0.696. The number of rotatable bonds is 5. The second kappa shape index (κ2) is 6.60. The molecule has 0 saturated carbocycles. The van der Waals surface area contributed by atoms with Crippen LogP contribution in [0.25, 0.3) is 11.4 Å². The summed E-state index contributed by atoms with van der Waals surface area (Å²) in [7, 11) is 0. The van der Waals surface area contributed by atoms with E-state index < -0.39 is 5.91 Å². The molecule has 0 fully saturated rings. The van der Waals surface area contributed by atoms with Gasteiger partial charge in [0.1, 0.15) is 0 Å². The highest BCUT2D eigenvalue weighted by atomic mass is 16.2. The van der Waals surface area contributed by atoms with Gasteiger partial charge in [0.15, 0.2) is 5.82 Å². The van der Waals surface area contributed by atoms with E-state index in [4.69, 9.17) is 5.73 Å². The van der Waals surface area contributed by atoms with Gasteiger partial charge in [-0.2, -0.15) is 5.10 Å². The maximum absolute atomic E-state index is 12.9. The van der Waals surface area contributed by atoms with Gasteiger partial charge in [0.2, 0.25) is 5.82 Å². The van der Waals surface area contributed by atoms with Crippen LogP contribution < -0.4 is 5.73 Å². The minimum Gasteiger partial charge on any atom is -0.363 e. The summed E-state index contributed by atoms with van der Waals surface area (Å²) in [6.45, 7) is 7.88. The lowest BCUT2D eigenvalue weighted by molar-refractivity contribution is 0.0644. The first-order valence-electron chi connectivity index (χ1n) is 7.47. The normalized spacial score (nSPS) is 11.0. The number of hydrogen-bond acceptors (Lipinski definition) is 4. The molecule has 0 atom stereocenters. The van der Waals surface area contributed by atoms with E-state index >= 15 is 0 Å². The van der Waals surface area contributed by atoms with E-state index in [1.807, 2.05) is 27.7 Å². The van der Waals surface area contributed by atoms with Crippen LogP contribution in [0.5, 0.6) is 0 Å². The van der Waals surface area contributed by atoms with Crippen molar-refractivity contribution >= 4 is 11.8 Å². The molecule has 0 saturated heterocycles. The van der Waals surface area contributed by atoms with Crippen molar-refractivity contribution in [1.29, 1.82) is 0 Å². The third-order valence-corrected chi connectivity index (χ3v) is 3.46. The van der Waals surface area contributed by atoms with Gasteiger partial charge >= 0.3 is 0 Å². The molecular formula is C16H21N5O2. The fraction of sp³-hybridized carbons (Fsp3) is 0.375. The summed E-state index contributed by atoms with van der Waals surface area (Å²) < 4.78 is 0. The zero-order valence-corrected chi connectivity index (χ0v) is 13.7. The highest BCUT2D eigenvalue weighted by molar-refractivity contribution is 6.00. The van der Waals surface area contributed by atoms with E-state index in [1.165, 1.54) is 0 Å². The quantitative estimate of drug-likeness (QED) is 0.878. The average Bonchev–Trinajstić information content (AvgIpc) is 2.96. The smallest absolute Gasteiger partial charge is 0.286 e. The molecule has 0 spiro atoms. The molecule has 2 amide bonds. The van der Waals surface area contributed by atoms with Crippen molar-refractivity contribution in [1.82, 2.24) is 20.1 Å². The Morgan fingerprint density at radius 3 is 2.26 bits per heavy atom. The van der Waals surface area contributed by atoms with E-state index in [1.54, 1.807) is 29.2 Å². The van der Waals surface area contributed by atoms with Crippen molar-refractivity contribution in [3.05, 3.63) is 35.7 Å². The average molecular weight is 315 g/mol. The number of carbonyl (C=O) groups is 2. The number of nitrogens with zero attached hydrogens (tertiary/aromatic N) is 3. The number of aromatic nitrogens is 3. The predicted octanol–water partition coefficient (Wildman–Crippen LogP) is 1.83. The predicted molar refractivity (Wildman–Crippen MR) is 86.8 cm³/mol. The van der Waals surface area contributed by atoms with Crippen LogP contribution in [0.2, 0.25) is 0 Å². The van der Waals surface area contributed by atoms with Crippen molar-refractivity contribution in [3.63, 3.8) is 0 Å². The number of amides is 2. The Hall–Kier alpha value is -2.70. The molecule has 0 aliphatic carbocycles.